The third-order valence-electron chi connectivity index (χ3n) is 5.70. The van der Waals surface area contributed by atoms with Crippen molar-refractivity contribution in [2.24, 2.45) is 5.73 Å². The average molecular weight is 856 g/mol. The number of amides is 2. The zero-order valence-corrected chi connectivity index (χ0v) is 35.0. The molecule has 0 fully saturated rings. The van der Waals surface area contributed by atoms with E-state index in [-0.39, 0.29) is 40.2 Å². The zero-order valence-electron chi connectivity index (χ0n) is 31.0. The molecule has 0 aliphatic heterocycles. The zero-order chi connectivity index (χ0) is 39.5. The minimum atomic E-state index is -3.24. The van der Waals surface area contributed by atoms with Crippen molar-refractivity contribution in [1.29, 1.82) is 0 Å². The number of halogens is 2. The summed E-state index contributed by atoms with van der Waals surface area (Å²) >= 11 is 3.29. The van der Waals surface area contributed by atoms with Crippen molar-refractivity contribution >= 4 is 60.2 Å². The molecule has 2 amide bonds. The van der Waals surface area contributed by atoms with Crippen molar-refractivity contribution in [3.8, 4) is 0 Å². The molecule has 0 aliphatic rings. The Bertz CT molecular complexity index is 1700. The van der Waals surface area contributed by atoms with Gasteiger partial charge in [0.15, 0.2) is 19.7 Å². The molecule has 0 saturated heterocycles. The Hall–Kier alpha value is -3.42. The van der Waals surface area contributed by atoms with E-state index in [2.05, 4.69) is 41.5 Å². The number of aromatic nitrogens is 3. The van der Waals surface area contributed by atoms with Gasteiger partial charge in [-0.15, -0.1) is 12.4 Å². The standard InChI is InChI=1S/C13H20N2O4S.C11H15BrN2O2.C8H12N2O2S.CH4O.ClH/c1-5-20(17,18)11-7-6-10(14-9-11)8-15-12(16)19-13(2,3)4;1-11(2,3)16-10(15)14-7-9-5-4-8(12)6-13-9;1-2-13(11,12)8-4-3-7(5-9)10-6-8;1-2;/h6-7,9H,5,8H2,1-4H3,(H,15,16);4-6H,7H2,1-3H3,(H,14,15);3-4,6H,2,5,9H2,1H3;2H,1H3;1H. The van der Waals surface area contributed by atoms with Gasteiger partial charge >= 0.3 is 12.2 Å². The van der Waals surface area contributed by atoms with Gasteiger partial charge in [0.1, 0.15) is 11.2 Å². The lowest BCUT2D eigenvalue weighted by atomic mass is 10.2. The van der Waals surface area contributed by atoms with Crippen LogP contribution >= 0.6 is 28.3 Å². The fourth-order valence-electron chi connectivity index (χ4n) is 3.21. The number of sulfone groups is 2. The predicted octanol–water partition coefficient (Wildman–Crippen LogP) is 5.13. The number of rotatable bonds is 9. The van der Waals surface area contributed by atoms with Crippen LogP contribution < -0.4 is 16.4 Å². The van der Waals surface area contributed by atoms with Gasteiger partial charge in [0.2, 0.25) is 0 Å². The van der Waals surface area contributed by atoms with Gasteiger partial charge in [0.05, 0.1) is 51.5 Å². The first-order valence-electron chi connectivity index (χ1n) is 15.6. The monoisotopic (exact) mass is 854 g/mol. The van der Waals surface area contributed by atoms with Crippen LogP contribution in [0.2, 0.25) is 0 Å². The molecule has 0 unspecified atom stereocenters. The Morgan fingerprint density at radius 3 is 1.31 bits per heavy atom. The molecule has 0 atom stereocenters. The Labute approximate surface area is 322 Å². The largest absolute Gasteiger partial charge is 0.444 e. The highest BCUT2D eigenvalue weighted by molar-refractivity contribution is 9.10. The fourth-order valence-corrected chi connectivity index (χ4v) is 5.09. The van der Waals surface area contributed by atoms with Gasteiger partial charge in [-0.05, 0) is 93.9 Å². The van der Waals surface area contributed by atoms with E-state index in [1.54, 1.807) is 52.9 Å². The summed E-state index contributed by atoms with van der Waals surface area (Å²) in [6.45, 7) is 14.8. The molecule has 15 nitrogen and oxygen atoms in total. The van der Waals surface area contributed by atoms with Gasteiger partial charge in [-0.1, -0.05) is 13.8 Å². The molecule has 3 aromatic heterocycles. The maximum Gasteiger partial charge on any atom is 0.407 e. The smallest absolute Gasteiger partial charge is 0.407 e. The molecule has 294 valence electrons. The highest BCUT2D eigenvalue weighted by atomic mass is 79.9. The number of nitrogens with one attached hydrogen (secondary N) is 2. The topological polar surface area (TPSA) is 230 Å². The first kappa shape index (κ1) is 50.7. The second-order valence-corrected chi connectivity index (χ2v) is 17.6. The maximum absolute atomic E-state index is 11.6. The molecule has 3 aromatic rings. The summed E-state index contributed by atoms with van der Waals surface area (Å²) in [5.74, 6) is 0.126. The van der Waals surface area contributed by atoms with Crippen LogP contribution in [0.15, 0.2) is 69.3 Å². The molecule has 3 rings (SSSR count). The molecular weight excluding hydrogens is 804 g/mol. The minimum Gasteiger partial charge on any atom is -0.444 e. The Balaban J connectivity index is 0. The number of alkyl carbamates (subject to hydrolysis) is 2. The number of carbonyl (C=O) groups is 2. The summed E-state index contributed by atoms with van der Waals surface area (Å²) < 4.78 is 57.0. The van der Waals surface area contributed by atoms with Crippen LogP contribution in [-0.2, 0) is 48.8 Å². The number of aliphatic hydroxyl groups is 1. The molecule has 5 N–H and O–H groups in total. The van der Waals surface area contributed by atoms with Crippen LogP contribution in [0.25, 0.3) is 0 Å². The number of pyridine rings is 3. The lowest BCUT2D eigenvalue weighted by Gasteiger charge is -2.19. The van der Waals surface area contributed by atoms with E-state index in [1.165, 1.54) is 24.5 Å². The van der Waals surface area contributed by atoms with Crippen molar-refractivity contribution in [3.63, 3.8) is 0 Å². The van der Waals surface area contributed by atoms with Gasteiger partial charge in [-0.3, -0.25) is 15.0 Å². The Morgan fingerprint density at radius 1 is 0.692 bits per heavy atom. The van der Waals surface area contributed by atoms with E-state index >= 15 is 0 Å². The van der Waals surface area contributed by atoms with Gasteiger partial charge in [-0.25, -0.2) is 26.4 Å². The van der Waals surface area contributed by atoms with Crippen LogP contribution in [0.4, 0.5) is 9.59 Å². The predicted molar refractivity (Wildman–Crippen MR) is 205 cm³/mol. The van der Waals surface area contributed by atoms with Crippen molar-refractivity contribution in [1.82, 2.24) is 25.6 Å². The molecule has 52 heavy (non-hydrogen) atoms. The molecule has 0 radical (unpaired) electrons. The highest BCUT2D eigenvalue weighted by Gasteiger charge is 2.17. The summed E-state index contributed by atoms with van der Waals surface area (Å²) in [7, 11) is -5.37. The summed E-state index contributed by atoms with van der Waals surface area (Å²) in [4.78, 5) is 35.3. The molecule has 0 bridgehead atoms. The van der Waals surface area contributed by atoms with Gasteiger partial charge in [0.25, 0.3) is 0 Å². The minimum absolute atomic E-state index is 0. The first-order valence-corrected chi connectivity index (χ1v) is 19.7. The molecule has 0 spiro atoms. The van der Waals surface area contributed by atoms with Crippen molar-refractivity contribution in [3.05, 3.63) is 76.5 Å². The molecule has 3 heterocycles. The van der Waals surface area contributed by atoms with E-state index in [0.717, 1.165) is 17.3 Å². The quantitative estimate of drug-likeness (QED) is 0.219. The van der Waals surface area contributed by atoms with Crippen LogP contribution in [0.1, 0.15) is 72.5 Å². The van der Waals surface area contributed by atoms with Crippen LogP contribution in [-0.4, -0.2) is 78.9 Å². The molecule has 0 aromatic carbocycles. The van der Waals surface area contributed by atoms with Gasteiger partial charge < -0.3 is 30.9 Å². The molecule has 0 aliphatic carbocycles. The van der Waals surface area contributed by atoms with Gasteiger partial charge in [0, 0.05) is 36.7 Å². The lowest BCUT2D eigenvalue weighted by Crippen LogP contribution is -2.32. The summed E-state index contributed by atoms with van der Waals surface area (Å²) in [5.41, 5.74) is 6.33. The maximum atomic E-state index is 11.6. The summed E-state index contributed by atoms with van der Waals surface area (Å²) in [6.07, 6.45) is 3.36. The van der Waals surface area contributed by atoms with Crippen LogP contribution in [0.3, 0.4) is 0 Å². The van der Waals surface area contributed by atoms with E-state index in [4.69, 9.17) is 20.3 Å². The molecule has 0 saturated carbocycles. The van der Waals surface area contributed by atoms with E-state index < -0.39 is 43.1 Å². The first-order chi connectivity index (χ1) is 23.6. The van der Waals surface area contributed by atoms with E-state index in [1.807, 2.05) is 32.9 Å². The number of ether oxygens (including phenoxy) is 2. The van der Waals surface area contributed by atoms with Crippen LogP contribution in [0, 0.1) is 0 Å². The number of hydrogen-bond donors (Lipinski definition) is 4. The van der Waals surface area contributed by atoms with E-state index in [0.29, 0.717) is 24.5 Å². The summed E-state index contributed by atoms with van der Waals surface area (Å²) in [5, 5.41) is 12.2. The third kappa shape index (κ3) is 21.8. The molecule has 19 heteroatoms. The SMILES string of the molecule is CC(C)(C)OC(=O)NCc1ccc(Br)cn1.CCS(=O)(=O)c1ccc(CN)nc1.CCS(=O)(=O)c1ccc(CNC(=O)OC(C)(C)C)nc1.CO.Cl. The van der Waals surface area contributed by atoms with Crippen molar-refractivity contribution in [2.75, 3.05) is 18.6 Å². The normalized spacial score (nSPS) is 11.0. The second-order valence-electron chi connectivity index (χ2n) is 12.2. The Morgan fingerprint density at radius 2 is 1.04 bits per heavy atom. The van der Waals surface area contributed by atoms with Crippen molar-refractivity contribution < 1.29 is 41.0 Å². The van der Waals surface area contributed by atoms with Crippen LogP contribution in [0.5, 0.6) is 0 Å². The highest BCUT2D eigenvalue weighted by Crippen LogP contribution is 2.12. The lowest BCUT2D eigenvalue weighted by molar-refractivity contribution is 0.0511. The number of nitrogens with zero attached hydrogens (tertiary/aromatic N) is 3. The number of nitrogens with two attached hydrogens (primary N) is 1. The molecular formula is C33H52BrClN6O9S2. The number of aliphatic hydroxyl groups excluding tert-OH is 1. The third-order valence-corrected chi connectivity index (χ3v) is 9.61. The number of hydrogen-bond acceptors (Lipinski definition) is 13. The summed E-state index contributed by atoms with van der Waals surface area (Å²) in [6, 6.07) is 9.93. The van der Waals surface area contributed by atoms with Gasteiger partial charge in [-0.2, -0.15) is 0 Å². The second kappa shape index (κ2) is 24.0. The van der Waals surface area contributed by atoms with Crippen molar-refractivity contribution in [2.45, 2.75) is 96.0 Å². The average Bonchev–Trinajstić information content (AvgIpc) is 3.07. The number of carbonyl (C=O) groups excluding carboxylic acids is 2. The fraction of sp³-hybridized carbons (Fsp3) is 0.485. The van der Waals surface area contributed by atoms with E-state index in [9.17, 15) is 26.4 Å². The Kier molecular flexibility index (Phi) is 23.4.